The molecule has 0 atom stereocenters. The van der Waals surface area contributed by atoms with E-state index >= 15 is 0 Å². The minimum atomic E-state index is -0.985. The number of aliphatic carboxylic acids is 1. The standard InChI is InChI=1S/C29H26O4/c1-2-3-7-22-18-23-19-24(30)13-16-26(23)29(28(22)21-8-5-4-6-9-21)33-25-14-10-20(11-15-25)12-17-27(31)32/h4-6,8-19,30H,2-3,7H2,1H3,(H,31,32). The molecule has 0 aliphatic heterocycles. The lowest BCUT2D eigenvalue weighted by atomic mass is 9.91. The van der Waals surface area contributed by atoms with E-state index in [-0.39, 0.29) is 5.75 Å². The van der Waals surface area contributed by atoms with E-state index in [4.69, 9.17) is 9.84 Å². The number of aryl methyl sites for hydroxylation is 1. The Labute approximate surface area is 193 Å². The van der Waals surface area contributed by atoms with Gasteiger partial charge in [-0.1, -0.05) is 61.9 Å². The van der Waals surface area contributed by atoms with E-state index in [2.05, 4.69) is 25.1 Å². The second kappa shape index (κ2) is 10.0. The molecule has 0 spiro atoms. The molecule has 4 aromatic rings. The summed E-state index contributed by atoms with van der Waals surface area (Å²) in [6.45, 7) is 2.17. The average Bonchev–Trinajstić information content (AvgIpc) is 2.82. The molecule has 0 aliphatic carbocycles. The minimum Gasteiger partial charge on any atom is -0.508 e. The molecule has 0 fully saturated rings. The lowest BCUT2D eigenvalue weighted by molar-refractivity contribution is -0.131. The summed E-state index contributed by atoms with van der Waals surface area (Å²) in [5.74, 6) is 0.638. The van der Waals surface area contributed by atoms with E-state index in [1.165, 1.54) is 5.56 Å². The molecule has 2 N–H and O–H groups in total. The van der Waals surface area contributed by atoms with Crippen molar-refractivity contribution < 1.29 is 19.7 Å². The number of phenolic OH excluding ortho intramolecular Hbond substituents is 1. The average molecular weight is 439 g/mol. The maximum absolute atomic E-state index is 10.8. The zero-order valence-electron chi connectivity index (χ0n) is 18.5. The molecule has 4 aromatic carbocycles. The predicted octanol–water partition coefficient (Wildman–Crippen LogP) is 7.45. The van der Waals surface area contributed by atoms with Crippen molar-refractivity contribution in [2.45, 2.75) is 26.2 Å². The maximum Gasteiger partial charge on any atom is 0.328 e. The monoisotopic (exact) mass is 438 g/mol. The molecule has 0 radical (unpaired) electrons. The summed E-state index contributed by atoms with van der Waals surface area (Å²) in [6.07, 6.45) is 5.69. The highest BCUT2D eigenvalue weighted by molar-refractivity contribution is 5.98. The number of carbonyl (C=O) groups is 1. The molecule has 4 heteroatoms. The topological polar surface area (TPSA) is 66.8 Å². The van der Waals surface area contributed by atoms with Gasteiger partial charge in [-0.05, 0) is 71.3 Å². The van der Waals surface area contributed by atoms with E-state index < -0.39 is 5.97 Å². The number of ether oxygens (including phenoxy) is 1. The fourth-order valence-corrected chi connectivity index (χ4v) is 3.94. The van der Waals surface area contributed by atoms with Gasteiger partial charge in [0.2, 0.25) is 0 Å². The summed E-state index contributed by atoms with van der Waals surface area (Å²) < 4.78 is 6.50. The lowest BCUT2D eigenvalue weighted by Gasteiger charge is -2.19. The van der Waals surface area contributed by atoms with Gasteiger partial charge in [0.25, 0.3) is 0 Å². The van der Waals surface area contributed by atoms with E-state index in [0.29, 0.717) is 5.75 Å². The van der Waals surface area contributed by atoms with Crippen molar-refractivity contribution in [3.8, 4) is 28.4 Å². The number of aromatic hydroxyl groups is 1. The Balaban J connectivity index is 1.86. The van der Waals surface area contributed by atoms with Gasteiger partial charge in [0, 0.05) is 17.0 Å². The Morgan fingerprint density at radius 1 is 0.970 bits per heavy atom. The highest BCUT2D eigenvalue weighted by atomic mass is 16.5. The zero-order chi connectivity index (χ0) is 23.2. The van der Waals surface area contributed by atoms with Gasteiger partial charge >= 0.3 is 5.97 Å². The Morgan fingerprint density at radius 2 is 1.73 bits per heavy atom. The van der Waals surface area contributed by atoms with Crippen LogP contribution in [0.2, 0.25) is 0 Å². The van der Waals surface area contributed by atoms with Crippen molar-refractivity contribution >= 4 is 22.8 Å². The molecule has 0 heterocycles. The Kier molecular flexibility index (Phi) is 6.75. The van der Waals surface area contributed by atoms with Crippen LogP contribution in [-0.2, 0) is 11.2 Å². The van der Waals surface area contributed by atoms with Crippen LogP contribution < -0.4 is 4.74 Å². The summed E-state index contributed by atoms with van der Waals surface area (Å²) in [5.41, 5.74) is 4.09. The molecule has 0 saturated heterocycles. The smallest absolute Gasteiger partial charge is 0.328 e. The van der Waals surface area contributed by atoms with E-state index in [1.54, 1.807) is 18.2 Å². The van der Waals surface area contributed by atoms with Crippen LogP contribution in [0, 0.1) is 0 Å². The van der Waals surface area contributed by atoms with E-state index in [0.717, 1.165) is 58.6 Å². The van der Waals surface area contributed by atoms with Crippen molar-refractivity contribution in [1.29, 1.82) is 0 Å². The minimum absolute atomic E-state index is 0.219. The van der Waals surface area contributed by atoms with Gasteiger partial charge in [-0.3, -0.25) is 0 Å². The van der Waals surface area contributed by atoms with Gasteiger partial charge in [0.05, 0.1) is 0 Å². The van der Waals surface area contributed by atoms with Crippen LogP contribution >= 0.6 is 0 Å². The first-order valence-corrected chi connectivity index (χ1v) is 11.1. The largest absolute Gasteiger partial charge is 0.508 e. The van der Waals surface area contributed by atoms with Crippen molar-refractivity contribution in [3.05, 3.63) is 96.1 Å². The molecule has 0 bridgehead atoms. The first-order valence-electron chi connectivity index (χ1n) is 11.1. The quantitative estimate of drug-likeness (QED) is 0.280. The Hall–Kier alpha value is -4.05. The van der Waals surface area contributed by atoms with Gasteiger partial charge in [0.1, 0.15) is 17.2 Å². The van der Waals surface area contributed by atoms with Gasteiger partial charge in [-0.25, -0.2) is 4.79 Å². The van der Waals surface area contributed by atoms with Gasteiger partial charge in [-0.2, -0.15) is 0 Å². The second-order valence-electron chi connectivity index (χ2n) is 7.96. The third-order valence-electron chi connectivity index (χ3n) is 5.54. The van der Waals surface area contributed by atoms with Crippen LogP contribution in [0.5, 0.6) is 17.2 Å². The number of rotatable bonds is 8. The van der Waals surface area contributed by atoms with Gasteiger partial charge in [-0.15, -0.1) is 0 Å². The molecule has 0 saturated carbocycles. The molecular weight excluding hydrogens is 412 g/mol. The number of fused-ring (bicyclic) bond motifs is 1. The highest BCUT2D eigenvalue weighted by Gasteiger charge is 2.18. The molecular formula is C29H26O4. The number of carboxylic acids is 1. The van der Waals surface area contributed by atoms with Gasteiger partial charge in [0.15, 0.2) is 0 Å². The Morgan fingerprint density at radius 3 is 2.42 bits per heavy atom. The maximum atomic E-state index is 10.8. The van der Waals surface area contributed by atoms with Crippen LogP contribution in [-0.4, -0.2) is 16.2 Å². The lowest BCUT2D eigenvalue weighted by Crippen LogP contribution is -1.97. The van der Waals surface area contributed by atoms with Crippen LogP contribution in [0.25, 0.3) is 28.0 Å². The Bertz CT molecular complexity index is 1290. The second-order valence-corrected chi connectivity index (χ2v) is 7.96. The van der Waals surface area contributed by atoms with Crippen molar-refractivity contribution in [1.82, 2.24) is 0 Å². The molecule has 166 valence electrons. The van der Waals surface area contributed by atoms with Gasteiger partial charge < -0.3 is 14.9 Å². The number of hydrogen-bond donors (Lipinski definition) is 2. The van der Waals surface area contributed by atoms with Crippen molar-refractivity contribution in [3.63, 3.8) is 0 Å². The molecule has 33 heavy (non-hydrogen) atoms. The third kappa shape index (κ3) is 5.24. The summed E-state index contributed by atoms with van der Waals surface area (Å²) in [4.78, 5) is 10.8. The molecule has 0 amide bonds. The van der Waals surface area contributed by atoms with Crippen LogP contribution in [0.3, 0.4) is 0 Å². The summed E-state index contributed by atoms with van der Waals surface area (Å²) in [7, 11) is 0. The molecule has 4 rings (SSSR count). The van der Waals surface area contributed by atoms with Crippen molar-refractivity contribution in [2.75, 3.05) is 0 Å². The number of phenols is 1. The van der Waals surface area contributed by atoms with Crippen molar-refractivity contribution in [2.24, 2.45) is 0 Å². The van der Waals surface area contributed by atoms with E-state index in [1.807, 2.05) is 48.5 Å². The van der Waals surface area contributed by atoms with Crippen LogP contribution in [0.15, 0.2) is 84.9 Å². The molecule has 4 nitrogen and oxygen atoms in total. The SMILES string of the molecule is CCCCc1cc2cc(O)ccc2c(Oc2ccc(C=CC(=O)O)cc2)c1-c1ccccc1. The number of benzene rings is 4. The number of carboxylic acid groups (broad SMARTS) is 1. The highest BCUT2D eigenvalue weighted by Crippen LogP contribution is 2.43. The van der Waals surface area contributed by atoms with Crippen LogP contribution in [0.4, 0.5) is 0 Å². The summed E-state index contributed by atoms with van der Waals surface area (Å²) in [5, 5.41) is 20.8. The number of hydrogen-bond acceptors (Lipinski definition) is 3. The molecule has 0 unspecified atom stereocenters. The predicted molar refractivity (Wildman–Crippen MR) is 133 cm³/mol. The van der Waals surface area contributed by atoms with Crippen LogP contribution in [0.1, 0.15) is 30.9 Å². The zero-order valence-corrected chi connectivity index (χ0v) is 18.5. The molecule has 0 aliphatic rings. The molecule has 0 aromatic heterocycles. The summed E-state index contributed by atoms with van der Waals surface area (Å²) >= 11 is 0. The first-order chi connectivity index (χ1) is 16.0. The fourth-order valence-electron chi connectivity index (χ4n) is 3.94. The first kappa shape index (κ1) is 22.2. The van der Waals surface area contributed by atoms with E-state index in [9.17, 15) is 9.90 Å². The normalized spacial score (nSPS) is 11.2. The fraction of sp³-hybridized carbons (Fsp3) is 0.138. The third-order valence-corrected chi connectivity index (χ3v) is 5.54. The summed E-state index contributed by atoms with van der Waals surface area (Å²) in [6, 6.07) is 25.0. The number of unbranched alkanes of at least 4 members (excludes halogenated alkanes) is 1.